The Morgan fingerprint density at radius 3 is 2.11 bits per heavy atom. The highest BCUT2D eigenvalue weighted by Crippen LogP contribution is 2.33. The van der Waals surface area contributed by atoms with Gasteiger partial charge in [0.25, 0.3) is 5.91 Å². The van der Waals surface area contributed by atoms with E-state index in [9.17, 15) is 14.4 Å². The molecule has 1 aromatic heterocycles. The van der Waals surface area contributed by atoms with Crippen LogP contribution in [-0.4, -0.2) is 34.3 Å². The van der Waals surface area contributed by atoms with Gasteiger partial charge in [0, 0.05) is 35.4 Å². The first-order chi connectivity index (χ1) is 17.8. The van der Waals surface area contributed by atoms with E-state index < -0.39 is 18.4 Å². The van der Waals surface area contributed by atoms with Crippen molar-refractivity contribution in [1.82, 2.24) is 10.3 Å². The maximum absolute atomic E-state index is 13.2. The molecule has 2 N–H and O–H groups in total. The standard InChI is InChI=1S/C31H28N2O4/c1-20-5-3-4-6-27(20)28(18-29(34)26-15-16-32-21(2)17-26)24-11-7-22(8-12-24)23-9-13-25(14-10-23)31(37)33-19-30(35)36/h3-17,28H,18-19H2,1-2H3,(H,33,37)(H,35,36)/t28-/m1/s1. The van der Waals surface area contributed by atoms with Gasteiger partial charge in [-0.3, -0.25) is 19.4 Å². The Morgan fingerprint density at radius 1 is 0.838 bits per heavy atom. The monoisotopic (exact) mass is 492 g/mol. The van der Waals surface area contributed by atoms with Gasteiger partial charge in [0.05, 0.1) is 0 Å². The van der Waals surface area contributed by atoms with Gasteiger partial charge in [-0.2, -0.15) is 0 Å². The molecule has 0 saturated heterocycles. The number of nitrogens with one attached hydrogen (secondary N) is 1. The summed E-state index contributed by atoms with van der Waals surface area (Å²) in [5.74, 6) is -1.55. The van der Waals surface area contributed by atoms with Crippen LogP contribution >= 0.6 is 0 Å². The van der Waals surface area contributed by atoms with Gasteiger partial charge in [-0.25, -0.2) is 0 Å². The Hall–Kier alpha value is -4.58. The van der Waals surface area contributed by atoms with Crippen molar-refractivity contribution in [3.63, 3.8) is 0 Å². The van der Waals surface area contributed by atoms with Crippen molar-refractivity contribution in [1.29, 1.82) is 0 Å². The number of carboxylic acids is 1. The fraction of sp³-hybridized carbons (Fsp3) is 0.161. The lowest BCUT2D eigenvalue weighted by molar-refractivity contribution is -0.135. The number of rotatable bonds is 9. The summed E-state index contributed by atoms with van der Waals surface area (Å²) in [6, 6.07) is 26.9. The zero-order valence-electron chi connectivity index (χ0n) is 20.8. The van der Waals surface area contributed by atoms with Crippen molar-refractivity contribution >= 4 is 17.7 Å². The molecule has 0 saturated carbocycles. The van der Waals surface area contributed by atoms with E-state index >= 15 is 0 Å². The highest BCUT2D eigenvalue weighted by atomic mass is 16.4. The quantitative estimate of drug-likeness (QED) is 0.297. The molecule has 1 heterocycles. The summed E-state index contributed by atoms with van der Waals surface area (Å²) in [6.07, 6.45) is 2.01. The molecule has 0 radical (unpaired) electrons. The molecule has 0 unspecified atom stereocenters. The zero-order valence-corrected chi connectivity index (χ0v) is 20.8. The lowest BCUT2D eigenvalue weighted by Gasteiger charge is -2.20. The molecule has 0 fully saturated rings. The van der Waals surface area contributed by atoms with Crippen molar-refractivity contribution < 1.29 is 19.5 Å². The first-order valence-corrected chi connectivity index (χ1v) is 12.0. The smallest absolute Gasteiger partial charge is 0.322 e. The molecule has 1 atom stereocenters. The molecule has 0 aliphatic rings. The Morgan fingerprint density at radius 2 is 1.49 bits per heavy atom. The number of carboxylic acid groups (broad SMARTS) is 1. The van der Waals surface area contributed by atoms with Gasteiger partial charge in [0.1, 0.15) is 6.54 Å². The molecule has 4 rings (SSSR count). The number of aliphatic carboxylic acids is 1. The summed E-state index contributed by atoms with van der Waals surface area (Å²) in [5, 5.41) is 11.1. The molecule has 6 heteroatoms. The number of aromatic nitrogens is 1. The first kappa shape index (κ1) is 25.5. The minimum Gasteiger partial charge on any atom is -0.480 e. The number of pyridine rings is 1. The molecule has 186 valence electrons. The average Bonchev–Trinajstić information content (AvgIpc) is 2.91. The molecule has 0 aliphatic carbocycles. The number of carbonyl (C=O) groups excluding carboxylic acids is 2. The summed E-state index contributed by atoms with van der Waals surface area (Å²) in [4.78, 5) is 40.2. The van der Waals surface area contributed by atoms with E-state index in [4.69, 9.17) is 5.11 Å². The maximum atomic E-state index is 13.2. The predicted octanol–water partition coefficient (Wildman–Crippen LogP) is 5.58. The summed E-state index contributed by atoms with van der Waals surface area (Å²) < 4.78 is 0. The number of Topliss-reactive ketones (excluding diaryl/α,β-unsaturated/α-hetero) is 1. The van der Waals surface area contributed by atoms with Crippen LogP contribution in [0, 0.1) is 13.8 Å². The highest BCUT2D eigenvalue weighted by molar-refractivity contribution is 5.97. The number of nitrogens with zero attached hydrogens (tertiary/aromatic N) is 1. The number of amides is 1. The SMILES string of the molecule is Cc1cc(C(=O)C[C@H](c2ccc(-c3ccc(C(=O)NCC(=O)O)cc3)cc2)c2ccccc2C)ccn1. The topological polar surface area (TPSA) is 96.4 Å². The minimum absolute atomic E-state index is 0.0691. The van der Waals surface area contributed by atoms with Crippen LogP contribution in [0.25, 0.3) is 11.1 Å². The first-order valence-electron chi connectivity index (χ1n) is 12.0. The molecular weight excluding hydrogens is 464 g/mol. The summed E-state index contributed by atoms with van der Waals surface area (Å²) in [7, 11) is 0. The molecular formula is C31H28N2O4. The van der Waals surface area contributed by atoms with Gasteiger partial charge in [-0.1, -0.05) is 60.7 Å². The normalized spacial score (nSPS) is 11.5. The van der Waals surface area contributed by atoms with Crippen molar-refractivity contribution in [3.8, 4) is 11.1 Å². The second kappa shape index (κ2) is 11.4. The van der Waals surface area contributed by atoms with Crippen LogP contribution in [0.1, 0.15) is 55.4 Å². The van der Waals surface area contributed by atoms with Crippen LogP contribution in [0.15, 0.2) is 91.1 Å². The number of aryl methyl sites for hydroxylation is 2. The van der Waals surface area contributed by atoms with E-state index in [-0.39, 0.29) is 11.7 Å². The third-order valence-electron chi connectivity index (χ3n) is 6.37. The lowest BCUT2D eigenvalue weighted by Crippen LogP contribution is -2.29. The van der Waals surface area contributed by atoms with E-state index in [1.165, 1.54) is 0 Å². The van der Waals surface area contributed by atoms with Crippen LogP contribution < -0.4 is 5.32 Å². The fourth-order valence-electron chi connectivity index (χ4n) is 4.39. The van der Waals surface area contributed by atoms with E-state index in [2.05, 4.69) is 29.4 Å². The van der Waals surface area contributed by atoms with Crippen LogP contribution in [0.3, 0.4) is 0 Å². The Bertz CT molecular complexity index is 1430. The zero-order chi connectivity index (χ0) is 26.4. The second-order valence-electron chi connectivity index (χ2n) is 9.00. The van der Waals surface area contributed by atoms with Crippen LogP contribution in [0.2, 0.25) is 0 Å². The van der Waals surface area contributed by atoms with Gasteiger partial charge < -0.3 is 10.4 Å². The largest absolute Gasteiger partial charge is 0.480 e. The van der Waals surface area contributed by atoms with Crippen LogP contribution in [-0.2, 0) is 4.79 Å². The van der Waals surface area contributed by atoms with E-state index in [1.54, 1.807) is 24.4 Å². The maximum Gasteiger partial charge on any atom is 0.322 e. The number of hydrogen-bond donors (Lipinski definition) is 2. The molecule has 0 aliphatic heterocycles. The third kappa shape index (κ3) is 6.35. The Labute approximate surface area is 216 Å². The lowest BCUT2D eigenvalue weighted by atomic mass is 9.83. The minimum atomic E-state index is -1.09. The van der Waals surface area contributed by atoms with Gasteiger partial charge in [-0.05, 0) is 65.9 Å². The fourth-order valence-corrected chi connectivity index (χ4v) is 4.39. The number of hydrogen-bond acceptors (Lipinski definition) is 4. The van der Waals surface area contributed by atoms with Gasteiger partial charge in [-0.15, -0.1) is 0 Å². The van der Waals surface area contributed by atoms with Gasteiger partial charge >= 0.3 is 5.97 Å². The Kier molecular flexibility index (Phi) is 7.89. The van der Waals surface area contributed by atoms with E-state index in [0.29, 0.717) is 17.5 Å². The molecule has 3 aromatic carbocycles. The second-order valence-corrected chi connectivity index (χ2v) is 9.00. The number of carbonyl (C=O) groups is 3. The van der Waals surface area contributed by atoms with Crippen LogP contribution in [0.4, 0.5) is 0 Å². The van der Waals surface area contributed by atoms with Crippen molar-refractivity contribution in [2.45, 2.75) is 26.2 Å². The molecule has 4 aromatic rings. The van der Waals surface area contributed by atoms with Gasteiger partial charge in [0.15, 0.2) is 5.78 Å². The summed E-state index contributed by atoms with van der Waals surface area (Å²) >= 11 is 0. The molecule has 0 spiro atoms. The van der Waals surface area contributed by atoms with E-state index in [0.717, 1.165) is 33.5 Å². The molecule has 37 heavy (non-hydrogen) atoms. The average molecular weight is 493 g/mol. The van der Waals surface area contributed by atoms with Crippen molar-refractivity contribution in [3.05, 3.63) is 125 Å². The van der Waals surface area contributed by atoms with Crippen LogP contribution in [0.5, 0.6) is 0 Å². The van der Waals surface area contributed by atoms with E-state index in [1.807, 2.05) is 61.5 Å². The summed E-state index contributed by atoms with van der Waals surface area (Å²) in [5.41, 5.74) is 7.06. The number of ketones is 1. The Balaban J connectivity index is 1.58. The predicted molar refractivity (Wildman–Crippen MR) is 143 cm³/mol. The summed E-state index contributed by atoms with van der Waals surface area (Å²) in [6.45, 7) is 3.52. The number of benzene rings is 3. The highest BCUT2D eigenvalue weighted by Gasteiger charge is 2.21. The van der Waals surface area contributed by atoms with Crippen molar-refractivity contribution in [2.75, 3.05) is 6.54 Å². The molecule has 6 nitrogen and oxygen atoms in total. The van der Waals surface area contributed by atoms with Gasteiger partial charge in [0.2, 0.25) is 0 Å². The molecule has 1 amide bonds. The third-order valence-corrected chi connectivity index (χ3v) is 6.37. The molecule has 0 bridgehead atoms. The van der Waals surface area contributed by atoms with Crippen molar-refractivity contribution in [2.24, 2.45) is 0 Å².